The summed E-state index contributed by atoms with van der Waals surface area (Å²) in [5.41, 5.74) is 2.08. The van der Waals surface area contributed by atoms with E-state index in [1.807, 2.05) is 30.5 Å². The number of fused-ring (bicyclic) bond motifs is 1. The van der Waals surface area contributed by atoms with E-state index in [0.29, 0.717) is 0 Å². The Hall–Kier alpha value is -1.32. The standard InChI is InChI=1S/C19H26ClN3/c20-16-7-8-17-18(9-12-23-19(17)13-16)22-11-4-10-21-14-15-5-2-1-3-6-15/h7-9,12-13,15,21H,1-6,10-11,14H2,(H,22,23). The summed E-state index contributed by atoms with van der Waals surface area (Å²) in [5.74, 6) is 0.908. The molecule has 0 bridgehead atoms. The van der Waals surface area contributed by atoms with Crippen molar-refractivity contribution in [1.82, 2.24) is 10.3 Å². The van der Waals surface area contributed by atoms with E-state index < -0.39 is 0 Å². The van der Waals surface area contributed by atoms with Crippen LogP contribution in [0.1, 0.15) is 38.5 Å². The molecule has 0 spiro atoms. The quantitative estimate of drug-likeness (QED) is 0.711. The number of halogens is 1. The van der Waals surface area contributed by atoms with E-state index in [9.17, 15) is 0 Å². The van der Waals surface area contributed by atoms with Crippen molar-refractivity contribution in [1.29, 1.82) is 0 Å². The van der Waals surface area contributed by atoms with Gasteiger partial charge >= 0.3 is 0 Å². The molecule has 3 rings (SSSR count). The average Bonchev–Trinajstić information content (AvgIpc) is 2.58. The largest absolute Gasteiger partial charge is 0.384 e. The molecule has 1 aromatic heterocycles. The molecular formula is C19H26ClN3. The summed E-state index contributed by atoms with van der Waals surface area (Å²) in [7, 11) is 0. The molecule has 0 atom stereocenters. The number of hydrogen-bond donors (Lipinski definition) is 2. The van der Waals surface area contributed by atoms with Gasteiger partial charge in [0.1, 0.15) is 0 Å². The fourth-order valence-electron chi connectivity index (χ4n) is 3.41. The second-order valence-electron chi connectivity index (χ2n) is 6.51. The Labute approximate surface area is 143 Å². The van der Waals surface area contributed by atoms with E-state index in [2.05, 4.69) is 15.6 Å². The van der Waals surface area contributed by atoms with Crippen LogP contribution < -0.4 is 10.6 Å². The van der Waals surface area contributed by atoms with Crippen molar-refractivity contribution in [2.45, 2.75) is 38.5 Å². The monoisotopic (exact) mass is 331 g/mol. The number of anilines is 1. The van der Waals surface area contributed by atoms with Crippen LogP contribution in [0.5, 0.6) is 0 Å². The molecule has 1 aliphatic carbocycles. The van der Waals surface area contributed by atoms with Crippen LogP contribution in [0, 0.1) is 5.92 Å². The normalized spacial score (nSPS) is 15.9. The SMILES string of the molecule is Clc1ccc2c(NCCCNCC3CCCCC3)ccnc2c1. The Balaban J connectivity index is 1.40. The lowest BCUT2D eigenvalue weighted by Gasteiger charge is -2.21. The molecule has 2 N–H and O–H groups in total. The van der Waals surface area contributed by atoms with Crippen LogP contribution in [-0.4, -0.2) is 24.6 Å². The molecule has 124 valence electrons. The van der Waals surface area contributed by atoms with E-state index in [1.54, 1.807) is 0 Å². The maximum atomic E-state index is 6.03. The van der Waals surface area contributed by atoms with Crippen molar-refractivity contribution in [3.8, 4) is 0 Å². The highest BCUT2D eigenvalue weighted by atomic mass is 35.5. The molecule has 0 amide bonds. The zero-order valence-corrected chi connectivity index (χ0v) is 14.4. The number of hydrogen-bond acceptors (Lipinski definition) is 3. The predicted octanol–water partition coefficient (Wildman–Crippen LogP) is 4.86. The molecule has 1 fully saturated rings. The van der Waals surface area contributed by atoms with Crippen molar-refractivity contribution in [3.05, 3.63) is 35.5 Å². The lowest BCUT2D eigenvalue weighted by Crippen LogP contribution is -2.26. The highest BCUT2D eigenvalue weighted by Gasteiger charge is 2.12. The zero-order valence-electron chi connectivity index (χ0n) is 13.7. The maximum absolute atomic E-state index is 6.03. The summed E-state index contributed by atoms with van der Waals surface area (Å²) >= 11 is 6.03. The molecule has 0 radical (unpaired) electrons. The third kappa shape index (κ3) is 4.82. The lowest BCUT2D eigenvalue weighted by molar-refractivity contribution is 0.342. The highest BCUT2D eigenvalue weighted by Crippen LogP contribution is 2.24. The van der Waals surface area contributed by atoms with Gasteiger partial charge in [-0.05, 0) is 62.5 Å². The minimum atomic E-state index is 0.731. The van der Waals surface area contributed by atoms with E-state index in [4.69, 9.17) is 11.6 Å². The third-order valence-corrected chi connectivity index (χ3v) is 4.94. The molecule has 3 nitrogen and oxygen atoms in total. The van der Waals surface area contributed by atoms with Crippen LogP contribution in [0.3, 0.4) is 0 Å². The summed E-state index contributed by atoms with van der Waals surface area (Å²) in [6.45, 7) is 3.24. The fourth-order valence-corrected chi connectivity index (χ4v) is 3.58. The van der Waals surface area contributed by atoms with Gasteiger partial charge in [0.05, 0.1) is 5.52 Å². The summed E-state index contributed by atoms with van der Waals surface area (Å²) in [6, 6.07) is 7.90. The minimum Gasteiger partial charge on any atom is -0.384 e. The van der Waals surface area contributed by atoms with Crippen molar-refractivity contribution >= 4 is 28.2 Å². The zero-order chi connectivity index (χ0) is 15.9. The molecule has 4 heteroatoms. The number of pyridine rings is 1. The van der Waals surface area contributed by atoms with Gasteiger partial charge in [0.25, 0.3) is 0 Å². The van der Waals surface area contributed by atoms with E-state index >= 15 is 0 Å². The summed E-state index contributed by atoms with van der Waals surface area (Å²) in [5, 5.41) is 9.00. The molecule has 1 aromatic carbocycles. The fraction of sp³-hybridized carbons (Fsp3) is 0.526. The van der Waals surface area contributed by atoms with Gasteiger partial charge in [0.15, 0.2) is 0 Å². The maximum Gasteiger partial charge on any atom is 0.0737 e. The van der Waals surface area contributed by atoms with Gasteiger partial charge in [0.2, 0.25) is 0 Å². The minimum absolute atomic E-state index is 0.731. The van der Waals surface area contributed by atoms with Gasteiger partial charge in [-0.15, -0.1) is 0 Å². The lowest BCUT2D eigenvalue weighted by atomic mass is 9.89. The molecule has 23 heavy (non-hydrogen) atoms. The number of nitrogens with one attached hydrogen (secondary N) is 2. The topological polar surface area (TPSA) is 37.0 Å². The third-order valence-electron chi connectivity index (χ3n) is 4.71. The molecule has 0 saturated heterocycles. The predicted molar refractivity (Wildman–Crippen MR) is 99.3 cm³/mol. The van der Waals surface area contributed by atoms with Gasteiger partial charge in [-0.2, -0.15) is 0 Å². The summed E-state index contributed by atoms with van der Waals surface area (Å²) in [4.78, 5) is 4.38. The van der Waals surface area contributed by atoms with Crippen LogP contribution >= 0.6 is 11.6 Å². The smallest absolute Gasteiger partial charge is 0.0737 e. The number of benzene rings is 1. The molecule has 2 aromatic rings. The van der Waals surface area contributed by atoms with E-state index in [-0.39, 0.29) is 0 Å². The van der Waals surface area contributed by atoms with Crippen LogP contribution in [-0.2, 0) is 0 Å². The Bertz CT molecular complexity index is 623. The average molecular weight is 332 g/mol. The molecule has 1 heterocycles. The van der Waals surface area contributed by atoms with E-state index in [0.717, 1.165) is 47.0 Å². The van der Waals surface area contributed by atoms with Crippen molar-refractivity contribution in [2.75, 3.05) is 25.0 Å². The molecule has 1 aliphatic rings. The Morgan fingerprint density at radius 2 is 1.96 bits per heavy atom. The number of aromatic nitrogens is 1. The molecule has 1 saturated carbocycles. The van der Waals surface area contributed by atoms with Crippen molar-refractivity contribution in [3.63, 3.8) is 0 Å². The second-order valence-corrected chi connectivity index (χ2v) is 6.94. The van der Waals surface area contributed by atoms with E-state index in [1.165, 1.54) is 38.6 Å². The van der Waals surface area contributed by atoms with Gasteiger partial charge in [-0.3, -0.25) is 4.98 Å². The van der Waals surface area contributed by atoms with Gasteiger partial charge in [-0.1, -0.05) is 30.9 Å². The molecular weight excluding hydrogens is 306 g/mol. The van der Waals surface area contributed by atoms with Crippen molar-refractivity contribution < 1.29 is 0 Å². The second kappa shape index (κ2) is 8.51. The Morgan fingerprint density at radius 3 is 2.83 bits per heavy atom. The first-order chi connectivity index (χ1) is 11.3. The number of rotatable bonds is 7. The van der Waals surface area contributed by atoms with Crippen LogP contribution in [0.4, 0.5) is 5.69 Å². The van der Waals surface area contributed by atoms with Crippen LogP contribution in [0.2, 0.25) is 5.02 Å². The summed E-state index contributed by atoms with van der Waals surface area (Å²) < 4.78 is 0. The van der Waals surface area contributed by atoms with Gasteiger partial charge in [-0.25, -0.2) is 0 Å². The highest BCUT2D eigenvalue weighted by molar-refractivity contribution is 6.31. The summed E-state index contributed by atoms with van der Waals surface area (Å²) in [6.07, 6.45) is 10.1. The molecule has 0 aliphatic heterocycles. The van der Waals surface area contributed by atoms with Gasteiger partial charge in [0, 0.05) is 28.8 Å². The van der Waals surface area contributed by atoms with Crippen LogP contribution in [0.15, 0.2) is 30.5 Å². The Morgan fingerprint density at radius 1 is 1.09 bits per heavy atom. The first-order valence-corrected chi connectivity index (χ1v) is 9.19. The first kappa shape index (κ1) is 16.5. The van der Waals surface area contributed by atoms with Gasteiger partial charge < -0.3 is 10.6 Å². The number of nitrogens with zero attached hydrogens (tertiary/aromatic N) is 1. The van der Waals surface area contributed by atoms with Crippen molar-refractivity contribution in [2.24, 2.45) is 5.92 Å². The Kier molecular flexibility index (Phi) is 6.12. The van der Waals surface area contributed by atoms with Crippen LogP contribution in [0.25, 0.3) is 10.9 Å². The molecule has 0 unspecified atom stereocenters. The first-order valence-electron chi connectivity index (χ1n) is 8.82.